The Kier molecular flexibility index (Phi) is 3.56. The van der Waals surface area contributed by atoms with E-state index in [0.717, 1.165) is 5.92 Å². The lowest BCUT2D eigenvalue weighted by atomic mass is 9.96. The molecule has 1 radical (unpaired) electrons. The lowest BCUT2D eigenvalue weighted by Gasteiger charge is -2.10. The summed E-state index contributed by atoms with van der Waals surface area (Å²) < 4.78 is 0. The van der Waals surface area contributed by atoms with Gasteiger partial charge in [0.15, 0.2) is 0 Å². The van der Waals surface area contributed by atoms with Crippen molar-refractivity contribution in [2.75, 3.05) is 0 Å². The van der Waals surface area contributed by atoms with Crippen LogP contribution in [0.3, 0.4) is 0 Å². The molecule has 0 saturated carbocycles. The fourth-order valence-corrected chi connectivity index (χ4v) is 1.60. The maximum Gasteiger partial charge on any atom is -0.0322 e. The van der Waals surface area contributed by atoms with E-state index in [4.69, 9.17) is 0 Å². The van der Waals surface area contributed by atoms with Crippen molar-refractivity contribution in [3.8, 4) is 0 Å². The normalized spacial score (nSPS) is 26.3. The van der Waals surface area contributed by atoms with E-state index in [1.165, 1.54) is 32.1 Å². The number of hydrogen-bond donors (Lipinski definition) is 0. The van der Waals surface area contributed by atoms with Gasteiger partial charge < -0.3 is 0 Å². The Morgan fingerprint density at radius 3 is 3.20 bits per heavy atom. The van der Waals surface area contributed by atoms with E-state index in [1.54, 1.807) is 0 Å². The number of rotatable bonds is 2. The summed E-state index contributed by atoms with van der Waals surface area (Å²) in [4.78, 5) is 0. The second kappa shape index (κ2) is 4.54. The van der Waals surface area contributed by atoms with Gasteiger partial charge in [-0.2, -0.15) is 0 Å². The zero-order chi connectivity index (χ0) is 7.23. The molecule has 0 saturated heterocycles. The third-order valence-corrected chi connectivity index (χ3v) is 2.19. The van der Waals surface area contributed by atoms with E-state index in [0.29, 0.717) is 0 Å². The highest BCUT2D eigenvalue weighted by Gasteiger charge is 2.06. The van der Waals surface area contributed by atoms with Gasteiger partial charge in [-0.25, -0.2) is 0 Å². The van der Waals surface area contributed by atoms with Crippen LogP contribution in [0.5, 0.6) is 0 Å². The quantitative estimate of drug-likeness (QED) is 0.512. The average molecular weight is 137 g/mol. The molecule has 0 spiro atoms. The second-order valence-corrected chi connectivity index (χ2v) is 3.15. The lowest BCUT2D eigenvalue weighted by molar-refractivity contribution is 0.479. The molecule has 1 aliphatic carbocycles. The molecular weight excluding hydrogens is 120 g/mol. The smallest absolute Gasteiger partial charge is 0.0322 e. The average Bonchev–Trinajstić information content (AvgIpc) is 2.17. The van der Waals surface area contributed by atoms with Crippen LogP contribution >= 0.6 is 0 Å². The van der Waals surface area contributed by atoms with Gasteiger partial charge in [0.25, 0.3) is 0 Å². The second-order valence-electron chi connectivity index (χ2n) is 3.15. The van der Waals surface area contributed by atoms with Crippen molar-refractivity contribution in [2.24, 2.45) is 5.92 Å². The molecular formula is C10H17. The predicted octanol–water partition coefficient (Wildman–Crippen LogP) is 3.35. The number of allylic oxidation sites excluding steroid dienone is 2. The number of hydrogen-bond acceptors (Lipinski definition) is 0. The maximum absolute atomic E-state index is 2.35. The molecule has 10 heavy (non-hydrogen) atoms. The van der Waals surface area contributed by atoms with Gasteiger partial charge in [-0.15, -0.1) is 0 Å². The van der Waals surface area contributed by atoms with E-state index in [9.17, 15) is 0 Å². The lowest BCUT2D eigenvalue weighted by Crippen LogP contribution is -1.96. The third-order valence-electron chi connectivity index (χ3n) is 2.19. The molecule has 57 valence electrons. The Morgan fingerprint density at radius 1 is 1.50 bits per heavy atom. The van der Waals surface area contributed by atoms with Crippen molar-refractivity contribution in [3.05, 3.63) is 18.6 Å². The summed E-state index contributed by atoms with van der Waals surface area (Å²) in [5.41, 5.74) is 0. The molecule has 1 aliphatic rings. The minimum atomic E-state index is 0.948. The molecule has 0 aromatic carbocycles. The first kappa shape index (κ1) is 7.84. The van der Waals surface area contributed by atoms with E-state index in [1.807, 2.05) is 0 Å². The van der Waals surface area contributed by atoms with Gasteiger partial charge in [-0.05, 0) is 44.4 Å². The van der Waals surface area contributed by atoms with Gasteiger partial charge in [0.1, 0.15) is 0 Å². The maximum atomic E-state index is 2.35. The van der Waals surface area contributed by atoms with Crippen LogP contribution < -0.4 is 0 Å². The molecule has 0 heterocycles. The third kappa shape index (κ3) is 2.55. The zero-order valence-electron chi connectivity index (χ0n) is 6.84. The van der Waals surface area contributed by atoms with E-state index >= 15 is 0 Å². The van der Waals surface area contributed by atoms with Crippen LogP contribution in [0, 0.1) is 12.3 Å². The molecule has 0 N–H and O–H groups in total. The Morgan fingerprint density at radius 2 is 2.40 bits per heavy atom. The van der Waals surface area contributed by atoms with E-state index in [-0.39, 0.29) is 0 Å². The fourth-order valence-electron chi connectivity index (χ4n) is 1.60. The Bertz CT molecular complexity index is 103. The van der Waals surface area contributed by atoms with Crippen LogP contribution in [-0.2, 0) is 0 Å². The predicted molar refractivity (Wildman–Crippen MR) is 45.7 cm³/mol. The van der Waals surface area contributed by atoms with Crippen LogP contribution in [0.1, 0.15) is 39.0 Å². The first-order valence-electron chi connectivity index (χ1n) is 4.36. The molecule has 0 fully saturated rings. The molecule has 0 aromatic rings. The summed E-state index contributed by atoms with van der Waals surface area (Å²) in [6, 6.07) is 0. The monoisotopic (exact) mass is 137 g/mol. The standard InChI is InChI=1S/C10H17/c1-2-7-10-8-5-3-4-6-9-10/h2-3,5,10H,4,6-9H2,1H3. The van der Waals surface area contributed by atoms with Crippen molar-refractivity contribution >= 4 is 0 Å². The van der Waals surface area contributed by atoms with Crippen molar-refractivity contribution in [1.82, 2.24) is 0 Å². The molecule has 0 aromatic heterocycles. The van der Waals surface area contributed by atoms with Crippen molar-refractivity contribution in [2.45, 2.75) is 39.0 Å². The zero-order valence-corrected chi connectivity index (χ0v) is 6.84. The van der Waals surface area contributed by atoms with Gasteiger partial charge in [-0.1, -0.05) is 19.1 Å². The van der Waals surface area contributed by atoms with Crippen LogP contribution in [0.4, 0.5) is 0 Å². The molecule has 1 unspecified atom stereocenters. The molecule has 0 nitrogen and oxygen atoms in total. The minimum absolute atomic E-state index is 0.948. The van der Waals surface area contributed by atoms with Crippen molar-refractivity contribution in [3.63, 3.8) is 0 Å². The highest BCUT2D eigenvalue weighted by Crippen LogP contribution is 2.21. The molecule has 0 bridgehead atoms. The molecule has 0 amide bonds. The molecule has 1 rings (SSSR count). The van der Waals surface area contributed by atoms with Gasteiger partial charge >= 0.3 is 0 Å². The highest BCUT2D eigenvalue weighted by atomic mass is 14.1. The Balaban J connectivity index is 2.23. The molecule has 0 aliphatic heterocycles. The van der Waals surface area contributed by atoms with E-state index in [2.05, 4.69) is 25.5 Å². The topological polar surface area (TPSA) is 0 Å². The summed E-state index contributed by atoms with van der Waals surface area (Å²) in [7, 11) is 0. The van der Waals surface area contributed by atoms with E-state index < -0.39 is 0 Å². The van der Waals surface area contributed by atoms with Gasteiger partial charge in [0.2, 0.25) is 0 Å². The van der Waals surface area contributed by atoms with Crippen LogP contribution in [0.15, 0.2) is 12.2 Å². The Labute approximate surface area is 64.3 Å². The SMILES string of the molecule is C[CH]CC1CC=CCCC1. The summed E-state index contributed by atoms with van der Waals surface area (Å²) in [5, 5.41) is 0. The van der Waals surface area contributed by atoms with Crippen LogP contribution in [-0.4, -0.2) is 0 Å². The Hall–Kier alpha value is -0.260. The summed E-state index contributed by atoms with van der Waals surface area (Å²) in [6.45, 7) is 2.16. The summed E-state index contributed by atoms with van der Waals surface area (Å²) in [5.74, 6) is 0.948. The first-order chi connectivity index (χ1) is 4.93. The largest absolute Gasteiger partial charge is 0.0885 e. The molecule has 0 heteroatoms. The van der Waals surface area contributed by atoms with Gasteiger partial charge in [0, 0.05) is 0 Å². The van der Waals surface area contributed by atoms with Crippen molar-refractivity contribution < 1.29 is 0 Å². The van der Waals surface area contributed by atoms with Gasteiger partial charge in [-0.3, -0.25) is 0 Å². The highest BCUT2D eigenvalue weighted by molar-refractivity contribution is 4.88. The van der Waals surface area contributed by atoms with Crippen LogP contribution in [0.25, 0.3) is 0 Å². The van der Waals surface area contributed by atoms with Crippen LogP contribution in [0.2, 0.25) is 0 Å². The van der Waals surface area contributed by atoms with Crippen molar-refractivity contribution in [1.29, 1.82) is 0 Å². The van der Waals surface area contributed by atoms with Gasteiger partial charge in [0.05, 0.1) is 0 Å². The summed E-state index contributed by atoms with van der Waals surface area (Å²) in [6.07, 6.45) is 13.7. The first-order valence-corrected chi connectivity index (χ1v) is 4.36. The summed E-state index contributed by atoms with van der Waals surface area (Å²) >= 11 is 0. The fraction of sp³-hybridized carbons (Fsp3) is 0.700. The minimum Gasteiger partial charge on any atom is -0.0885 e. The molecule has 1 atom stereocenters.